The van der Waals surface area contributed by atoms with E-state index >= 15 is 0 Å². The van der Waals surface area contributed by atoms with Crippen molar-refractivity contribution in [3.63, 3.8) is 0 Å². The maximum absolute atomic E-state index is 13.6. The first-order chi connectivity index (χ1) is 16.9. The van der Waals surface area contributed by atoms with Gasteiger partial charge in [0.1, 0.15) is 11.9 Å². The van der Waals surface area contributed by atoms with Gasteiger partial charge in [0.05, 0.1) is 29.4 Å². The van der Waals surface area contributed by atoms with E-state index in [9.17, 15) is 14.7 Å². The average molecular weight is 461 g/mol. The number of aryl methyl sites for hydroxylation is 2. The van der Waals surface area contributed by atoms with Crippen molar-refractivity contribution in [1.29, 1.82) is 0 Å². The minimum absolute atomic E-state index is 0.00489. The Kier molecular flexibility index (Phi) is 4.85. The smallest absolute Gasteiger partial charge is 0.200 e. The molecule has 4 heteroatoms. The van der Waals surface area contributed by atoms with E-state index in [1.165, 1.54) is 6.26 Å². The van der Waals surface area contributed by atoms with Crippen LogP contribution >= 0.6 is 0 Å². The van der Waals surface area contributed by atoms with Gasteiger partial charge < -0.3 is 9.84 Å². The molecule has 0 saturated carbocycles. The van der Waals surface area contributed by atoms with E-state index < -0.39 is 6.10 Å². The number of carbonyl (C=O) groups excluding carboxylic acids is 2. The van der Waals surface area contributed by atoms with Crippen molar-refractivity contribution >= 4 is 22.7 Å². The highest BCUT2D eigenvalue weighted by Crippen LogP contribution is 2.44. The second kappa shape index (κ2) is 7.95. The Hall–Kier alpha value is -4.18. The van der Waals surface area contributed by atoms with Crippen molar-refractivity contribution in [2.24, 2.45) is 0 Å². The molecule has 35 heavy (non-hydrogen) atoms. The summed E-state index contributed by atoms with van der Waals surface area (Å²) in [5, 5.41) is 11.6. The van der Waals surface area contributed by atoms with E-state index in [4.69, 9.17) is 4.74 Å². The molecule has 172 valence electrons. The number of benzene rings is 3. The zero-order valence-electron chi connectivity index (χ0n) is 19.6. The van der Waals surface area contributed by atoms with Crippen LogP contribution in [0.3, 0.4) is 0 Å². The van der Waals surface area contributed by atoms with Crippen LogP contribution in [0, 0.1) is 13.8 Å². The van der Waals surface area contributed by atoms with E-state index in [2.05, 4.69) is 12.1 Å². The third-order valence-electron chi connectivity index (χ3n) is 7.08. The Morgan fingerprint density at radius 3 is 2.09 bits per heavy atom. The molecule has 1 aliphatic heterocycles. The summed E-state index contributed by atoms with van der Waals surface area (Å²) in [6.45, 7) is 4.09. The fourth-order valence-corrected chi connectivity index (χ4v) is 5.43. The molecule has 0 spiro atoms. The van der Waals surface area contributed by atoms with Crippen molar-refractivity contribution in [3.8, 4) is 0 Å². The minimum Gasteiger partial charge on any atom is -0.507 e. The molecule has 3 aromatic rings. The van der Waals surface area contributed by atoms with E-state index in [1.54, 1.807) is 0 Å². The van der Waals surface area contributed by atoms with Crippen molar-refractivity contribution < 1.29 is 19.4 Å². The summed E-state index contributed by atoms with van der Waals surface area (Å²) < 4.78 is 5.82. The Bertz CT molecular complexity index is 1470. The van der Waals surface area contributed by atoms with Gasteiger partial charge in [0.25, 0.3) is 0 Å². The maximum atomic E-state index is 13.6. The van der Waals surface area contributed by atoms with Gasteiger partial charge in [0, 0.05) is 5.57 Å². The first kappa shape index (κ1) is 21.4. The van der Waals surface area contributed by atoms with E-state index in [-0.39, 0.29) is 34.9 Å². The van der Waals surface area contributed by atoms with Crippen LogP contribution in [0.15, 0.2) is 89.9 Å². The summed E-state index contributed by atoms with van der Waals surface area (Å²) >= 11 is 0. The summed E-state index contributed by atoms with van der Waals surface area (Å²) in [7, 11) is 0. The van der Waals surface area contributed by atoms with E-state index in [1.807, 2.05) is 68.4 Å². The van der Waals surface area contributed by atoms with Gasteiger partial charge in [-0.1, -0.05) is 77.9 Å². The maximum Gasteiger partial charge on any atom is 0.200 e. The molecule has 1 unspecified atom stereocenters. The summed E-state index contributed by atoms with van der Waals surface area (Å²) in [4.78, 5) is 27.1. The predicted molar refractivity (Wildman–Crippen MR) is 135 cm³/mol. The average Bonchev–Trinajstić information content (AvgIpc) is 2.83. The van der Waals surface area contributed by atoms with Crippen LogP contribution in [0.5, 0.6) is 0 Å². The predicted octanol–water partition coefficient (Wildman–Crippen LogP) is 5.80. The van der Waals surface area contributed by atoms with Gasteiger partial charge in [0.2, 0.25) is 0 Å². The Morgan fingerprint density at radius 1 is 0.829 bits per heavy atom. The molecule has 3 aromatic carbocycles. The van der Waals surface area contributed by atoms with Gasteiger partial charge in [-0.25, -0.2) is 0 Å². The van der Waals surface area contributed by atoms with E-state index in [0.29, 0.717) is 16.7 Å². The highest BCUT2D eigenvalue weighted by molar-refractivity contribution is 6.31. The molecule has 2 aliphatic carbocycles. The summed E-state index contributed by atoms with van der Waals surface area (Å²) in [6, 6.07) is 21.6. The van der Waals surface area contributed by atoms with Crippen LogP contribution in [-0.2, 0) is 20.7 Å². The third-order valence-corrected chi connectivity index (χ3v) is 7.08. The monoisotopic (exact) mass is 460 g/mol. The SMILES string of the molecule is Cc1ccc2c(c1)Cc1cc(C)ccc1C2=C1C(=O)CC2OC=C(c3ccccc3)C(=O)C2=C1O. The van der Waals surface area contributed by atoms with Gasteiger partial charge in [0.15, 0.2) is 11.6 Å². The number of hydrogen-bond acceptors (Lipinski definition) is 4. The van der Waals surface area contributed by atoms with Crippen molar-refractivity contribution in [2.45, 2.75) is 32.8 Å². The van der Waals surface area contributed by atoms with Crippen LogP contribution in [0.4, 0.5) is 0 Å². The molecule has 1 atom stereocenters. The molecular formula is C31H24O4. The number of hydrogen-bond donors (Lipinski definition) is 1. The molecule has 0 aromatic heterocycles. The first-order valence-electron chi connectivity index (χ1n) is 11.8. The normalized spacial score (nSPS) is 19.0. The number of fused-ring (bicyclic) bond motifs is 3. The molecule has 0 saturated heterocycles. The highest BCUT2D eigenvalue weighted by atomic mass is 16.5. The third kappa shape index (κ3) is 3.36. The summed E-state index contributed by atoms with van der Waals surface area (Å²) in [5.41, 5.74) is 8.46. The number of Topliss-reactive ketones (excluding diaryl/α,β-unsaturated/α-hetero) is 2. The molecule has 1 N–H and O–H groups in total. The lowest BCUT2D eigenvalue weighted by Crippen LogP contribution is -2.35. The topological polar surface area (TPSA) is 63.6 Å². The van der Waals surface area contributed by atoms with Crippen LogP contribution in [-0.4, -0.2) is 22.8 Å². The lowest BCUT2D eigenvalue weighted by Gasteiger charge is -2.32. The van der Waals surface area contributed by atoms with Gasteiger partial charge in [-0.2, -0.15) is 0 Å². The number of carbonyl (C=O) groups is 2. The fraction of sp³-hybridized carbons (Fsp3) is 0.161. The van der Waals surface area contributed by atoms with Gasteiger partial charge >= 0.3 is 0 Å². The van der Waals surface area contributed by atoms with Gasteiger partial charge in [-0.3, -0.25) is 9.59 Å². The van der Waals surface area contributed by atoms with Gasteiger partial charge in [-0.15, -0.1) is 0 Å². The number of aliphatic hydroxyl groups excluding tert-OH is 1. The van der Waals surface area contributed by atoms with Crippen LogP contribution in [0.25, 0.3) is 11.1 Å². The van der Waals surface area contributed by atoms with Crippen LogP contribution in [0.2, 0.25) is 0 Å². The molecule has 0 radical (unpaired) electrons. The lowest BCUT2D eigenvalue weighted by atomic mass is 9.74. The standard InChI is InChI=1S/C31H24O4/c1-17-8-10-22-20(12-17)14-21-13-18(2)9-11-23(21)27(22)28-25(32)15-26-29(31(28)34)30(33)24(16-35-26)19-6-4-3-5-7-19/h3-13,16,26,34H,14-15H2,1-2H3. The second-order valence-electron chi connectivity index (χ2n) is 9.49. The molecule has 6 rings (SSSR count). The quantitative estimate of drug-likeness (QED) is 0.365. The zero-order chi connectivity index (χ0) is 24.3. The summed E-state index contributed by atoms with van der Waals surface area (Å²) in [5.74, 6) is -0.803. The molecule has 4 nitrogen and oxygen atoms in total. The molecule has 0 fully saturated rings. The van der Waals surface area contributed by atoms with E-state index in [0.717, 1.165) is 39.8 Å². The Balaban J connectivity index is 1.61. The van der Waals surface area contributed by atoms with Crippen molar-refractivity contribution in [1.82, 2.24) is 0 Å². The highest BCUT2D eigenvalue weighted by Gasteiger charge is 2.42. The number of allylic oxidation sites excluding steroid dienone is 2. The molecule has 0 bridgehead atoms. The molecule has 0 amide bonds. The number of rotatable bonds is 1. The largest absolute Gasteiger partial charge is 0.507 e. The number of aliphatic hydroxyl groups is 1. The Morgan fingerprint density at radius 2 is 1.46 bits per heavy atom. The second-order valence-corrected chi connectivity index (χ2v) is 9.49. The lowest BCUT2D eigenvalue weighted by molar-refractivity contribution is -0.118. The molecule has 3 aliphatic rings. The molecular weight excluding hydrogens is 436 g/mol. The van der Waals surface area contributed by atoms with Crippen molar-refractivity contribution in [3.05, 3.63) is 129 Å². The van der Waals surface area contributed by atoms with Crippen molar-refractivity contribution in [2.75, 3.05) is 0 Å². The van der Waals surface area contributed by atoms with Gasteiger partial charge in [-0.05, 0) is 48.1 Å². The molecule has 1 heterocycles. The van der Waals surface area contributed by atoms with Crippen LogP contribution < -0.4 is 0 Å². The minimum atomic E-state index is -0.787. The Labute approximate surface area is 203 Å². The summed E-state index contributed by atoms with van der Waals surface area (Å²) in [6.07, 6.45) is 1.39. The zero-order valence-corrected chi connectivity index (χ0v) is 19.6. The number of ketones is 2. The fourth-order valence-electron chi connectivity index (χ4n) is 5.43. The number of ether oxygens (including phenoxy) is 1. The first-order valence-corrected chi connectivity index (χ1v) is 11.8. The van der Waals surface area contributed by atoms with Crippen LogP contribution in [0.1, 0.15) is 45.4 Å².